The Kier molecular flexibility index (Phi) is 4.92. The molecule has 4 heteroatoms. The molecule has 1 unspecified atom stereocenters. The second-order valence-electron chi connectivity index (χ2n) is 6.79. The summed E-state index contributed by atoms with van der Waals surface area (Å²) in [5.41, 5.74) is 0.326. The van der Waals surface area contributed by atoms with Gasteiger partial charge >= 0.3 is 5.97 Å². The standard InChI is InChI=1S/C19H28O4/c1-4-18(5-2)11-7-8-12-19(18,6-3)13-9-10-14(20)16(21)15(13)17(22)23/h9-10,20-21H,4-8,11-12H2,1-3H3,(H,22,23). The third kappa shape index (κ3) is 2.48. The Morgan fingerprint density at radius 1 is 1.04 bits per heavy atom. The van der Waals surface area contributed by atoms with Crippen molar-refractivity contribution >= 4 is 5.97 Å². The molecule has 0 bridgehead atoms. The molecular weight excluding hydrogens is 292 g/mol. The number of aromatic carboxylic acids is 1. The first kappa shape index (κ1) is 17.6. The van der Waals surface area contributed by atoms with E-state index in [0.717, 1.165) is 44.9 Å². The van der Waals surface area contributed by atoms with E-state index in [1.165, 1.54) is 6.07 Å². The Bertz CT molecular complexity index is 589. The maximum atomic E-state index is 11.8. The van der Waals surface area contributed by atoms with E-state index in [2.05, 4.69) is 20.8 Å². The molecule has 1 aromatic rings. The molecule has 4 nitrogen and oxygen atoms in total. The highest BCUT2D eigenvalue weighted by molar-refractivity contribution is 5.94. The first-order chi connectivity index (χ1) is 10.9. The van der Waals surface area contributed by atoms with Crippen LogP contribution < -0.4 is 0 Å². The van der Waals surface area contributed by atoms with Crippen LogP contribution in [0.15, 0.2) is 12.1 Å². The summed E-state index contributed by atoms with van der Waals surface area (Å²) >= 11 is 0. The van der Waals surface area contributed by atoms with Gasteiger partial charge in [-0.3, -0.25) is 0 Å². The van der Waals surface area contributed by atoms with Gasteiger partial charge in [0.15, 0.2) is 11.5 Å². The van der Waals surface area contributed by atoms with Crippen molar-refractivity contribution in [3.63, 3.8) is 0 Å². The van der Waals surface area contributed by atoms with Gasteiger partial charge in [0.2, 0.25) is 0 Å². The summed E-state index contributed by atoms with van der Waals surface area (Å²) in [7, 11) is 0. The third-order valence-corrected chi connectivity index (χ3v) is 6.37. The van der Waals surface area contributed by atoms with Crippen LogP contribution in [0, 0.1) is 5.41 Å². The number of hydrogen-bond donors (Lipinski definition) is 3. The largest absolute Gasteiger partial charge is 0.504 e. The molecule has 1 atom stereocenters. The number of carboxylic acid groups (broad SMARTS) is 1. The quantitative estimate of drug-likeness (QED) is 0.679. The minimum absolute atomic E-state index is 0.0353. The Morgan fingerprint density at radius 2 is 1.65 bits per heavy atom. The SMILES string of the molecule is CCC1(CC)CCCCC1(CC)c1ccc(O)c(O)c1C(=O)O. The molecule has 0 amide bonds. The molecule has 0 radical (unpaired) electrons. The monoisotopic (exact) mass is 320 g/mol. The summed E-state index contributed by atoms with van der Waals surface area (Å²) in [6, 6.07) is 3.15. The van der Waals surface area contributed by atoms with Crippen LogP contribution in [0.25, 0.3) is 0 Å². The number of hydrogen-bond acceptors (Lipinski definition) is 3. The van der Waals surface area contributed by atoms with Gasteiger partial charge in [0.05, 0.1) is 0 Å². The molecule has 23 heavy (non-hydrogen) atoms. The molecule has 3 N–H and O–H groups in total. The Labute approximate surface area is 138 Å². The predicted octanol–water partition coefficient (Wildman–Crippen LogP) is 4.82. The molecule has 0 aliphatic heterocycles. The van der Waals surface area contributed by atoms with Crippen LogP contribution >= 0.6 is 0 Å². The van der Waals surface area contributed by atoms with E-state index in [1.54, 1.807) is 6.07 Å². The highest BCUT2D eigenvalue weighted by atomic mass is 16.4. The molecule has 1 saturated carbocycles. The summed E-state index contributed by atoms with van der Waals surface area (Å²) in [6.07, 6.45) is 7.03. The fourth-order valence-corrected chi connectivity index (χ4v) is 5.03. The van der Waals surface area contributed by atoms with E-state index in [1.807, 2.05) is 0 Å². The summed E-state index contributed by atoms with van der Waals surface area (Å²) < 4.78 is 0. The van der Waals surface area contributed by atoms with Crippen LogP contribution in [0.2, 0.25) is 0 Å². The van der Waals surface area contributed by atoms with Crippen molar-refractivity contribution in [2.75, 3.05) is 0 Å². The van der Waals surface area contributed by atoms with Gasteiger partial charge in [-0.1, -0.05) is 39.7 Å². The van der Waals surface area contributed by atoms with Crippen molar-refractivity contribution < 1.29 is 20.1 Å². The van der Waals surface area contributed by atoms with Gasteiger partial charge in [0.1, 0.15) is 5.56 Å². The lowest BCUT2D eigenvalue weighted by molar-refractivity contribution is 0.0381. The van der Waals surface area contributed by atoms with Crippen LogP contribution in [0.5, 0.6) is 11.5 Å². The van der Waals surface area contributed by atoms with Gasteiger partial charge in [-0.05, 0) is 49.1 Å². The number of carbonyl (C=O) groups is 1. The van der Waals surface area contributed by atoms with Crippen LogP contribution in [-0.2, 0) is 5.41 Å². The average Bonchev–Trinajstić information content (AvgIpc) is 2.56. The molecular formula is C19H28O4. The second kappa shape index (κ2) is 6.42. The number of phenols is 2. The van der Waals surface area contributed by atoms with Crippen molar-refractivity contribution in [3.05, 3.63) is 23.3 Å². The van der Waals surface area contributed by atoms with Gasteiger partial charge in [-0.25, -0.2) is 4.79 Å². The smallest absolute Gasteiger partial charge is 0.339 e. The van der Waals surface area contributed by atoms with Crippen LogP contribution in [0.4, 0.5) is 0 Å². The number of aromatic hydroxyl groups is 2. The van der Waals surface area contributed by atoms with E-state index >= 15 is 0 Å². The summed E-state index contributed by atoms with van der Waals surface area (Å²) in [5.74, 6) is -2.05. The molecule has 0 saturated heterocycles. The summed E-state index contributed by atoms with van der Waals surface area (Å²) in [4.78, 5) is 11.8. The lowest BCUT2D eigenvalue weighted by atomic mass is 9.49. The predicted molar refractivity (Wildman–Crippen MR) is 90.2 cm³/mol. The maximum absolute atomic E-state index is 11.8. The topological polar surface area (TPSA) is 77.8 Å². The lowest BCUT2D eigenvalue weighted by Crippen LogP contribution is -2.48. The number of rotatable bonds is 5. The normalized spacial score (nSPS) is 23.6. The van der Waals surface area contributed by atoms with Crippen LogP contribution in [-0.4, -0.2) is 21.3 Å². The fourth-order valence-electron chi connectivity index (χ4n) is 5.03. The zero-order chi connectivity index (χ0) is 17.3. The van der Waals surface area contributed by atoms with Gasteiger partial charge in [0, 0.05) is 5.41 Å². The highest BCUT2D eigenvalue weighted by Crippen LogP contribution is 2.59. The van der Waals surface area contributed by atoms with Crippen molar-refractivity contribution in [1.82, 2.24) is 0 Å². The van der Waals surface area contributed by atoms with Gasteiger partial charge in [-0.2, -0.15) is 0 Å². The molecule has 0 aromatic heterocycles. The van der Waals surface area contributed by atoms with Crippen molar-refractivity contribution in [3.8, 4) is 11.5 Å². The molecule has 0 spiro atoms. The van der Waals surface area contributed by atoms with Crippen LogP contribution in [0.1, 0.15) is 81.6 Å². The molecule has 1 aliphatic carbocycles. The van der Waals surface area contributed by atoms with Crippen molar-refractivity contribution in [1.29, 1.82) is 0 Å². The zero-order valence-electron chi connectivity index (χ0n) is 14.4. The van der Waals surface area contributed by atoms with Gasteiger partial charge in [-0.15, -0.1) is 0 Å². The van der Waals surface area contributed by atoms with Crippen molar-refractivity contribution in [2.24, 2.45) is 5.41 Å². The molecule has 128 valence electrons. The lowest BCUT2D eigenvalue weighted by Gasteiger charge is -2.54. The molecule has 1 aliphatic rings. The number of benzene rings is 1. The molecule has 1 aromatic carbocycles. The fraction of sp³-hybridized carbons (Fsp3) is 0.632. The summed E-state index contributed by atoms with van der Waals surface area (Å²) in [6.45, 7) is 6.47. The molecule has 0 heterocycles. The van der Waals surface area contributed by atoms with E-state index in [9.17, 15) is 20.1 Å². The van der Waals surface area contributed by atoms with Crippen molar-refractivity contribution in [2.45, 2.75) is 71.1 Å². The highest BCUT2D eigenvalue weighted by Gasteiger charge is 2.51. The first-order valence-corrected chi connectivity index (χ1v) is 8.67. The van der Waals surface area contributed by atoms with Gasteiger partial charge < -0.3 is 15.3 Å². The molecule has 2 rings (SSSR count). The Hall–Kier alpha value is -1.71. The summed E-state index contributed by atoms with van der Waals surface area (Å²) in [5, 5.41) is 29.6. The van der Waals surface area contributed by atoms with E-state index in [0.29, 0.717) is 5.56 Å². The van der Waals surface area contributed by atoms with E-state index in [4.69, 9.17) is 0 Å². The third-order valence-electron chi connectivity index (χ3n) is 6.37. The van der Waals surface area contributed by atoms with Crippen LogP contribution in [0.3, 0.4) is 0 Å². The number of phenolic OH excluding ortho intramolecular Hbond substituents is 1. The first-order valence-electron chi connectivity index (χ1n) is 8.67. The molecule has 1 fully saturated rings. The zero-order valence-corrected chi connectivity index (χ0v) is 14.4. The van der Waals surface area contributed by atoms with E-state index < -0.39 is 11.7 Å². The van der Waals surface area contributed by atoms with E-state index in [-0.39, 0.29) is 22.1 Å². The Balaban J connectivity index is 2.78. The average molecular weight is 320 g/mol. The minimum atomic E-state index is -1.17. The Morgan fingerprint density at radius 3 is 2.17 bits per heavy atom. The second-order valence-corrected chi connectivity index (χ2v) is 6.79. The van der Waals surface area contributed by atoms with Gasteiger partial charge in [0.25, 0.3) is 0 Å². The number of carboxylic acids is 1. The maximum Gasteiger partial charge on any atom is 0.339 e. The minimum Gasteiger partial charge on any atom is -0.504 e.